The number of hydrogen-bond donors (Lipinski definition) is 1. The predicted molar refractivity (Wildman–Crippen MR) is 110 cm³/mol. The van der Waals surface area contributed by atoms with E-state index in [1.165, 1.54) is 10.5 Å². The Morgan fingerprint density at radius 2 is 1.81 bits per heavy atom. The molecule has 2 rings (SSSR count). The van der Waals surface area contributed by atoms with Gasteiger partial charge < -0.3 is 15.0 Å². The number of carbonyl (C=O) groups excluding carboxylic acids is 2. The maximum absolute atomic E-state index is 12.1. The molecule has 0 unspecified atom stereocenters. The summed E-state index contributed by atoms with van der Waals surface area (Å²) in [6, 6.07) is 8.43. The second-order valence-electron chi connectivity index (χ2n) is 8.13. The number of rotatable bonds is 6. The normalized spacial score (nSPS) is 15.5. The highest BCUT2D eigenvalue weighted by atomic mass is 32.2. The Labute approximate surface area is 167 Å². The van der Waals surface area contributed by atoms with E-state index in [1.54, 1.807) is 16.7 Å². The fourth-order valence-electron chi connectivity index (χ4n) is 2.97. The monoisotopic (exact) mass is 392 g/mol. The van der Waals surface area contributed by atoms with Gasteiger partial charge >= 0.3 is 6.09 Å². The number of aryl methyl sites for hydroxylation is 1. The van der Waals surface area contributed by atoms with E-state index in [9.17, 15) is 9.59 Å². The third kappa shape index (κ3) is 8.24. The summed E-state index contributed by atoms with van der Waals surface area (Å²) in [5.41, 5.74) is 0.787. The van der Waals surface area contributed by atoms with E-state index in [2.05, 4.69) is 36.5 Å². The lowest BCUT2D eigenvalue weighted by atomic mass is 9.93. The van der Waals surface area contributed by atoms with Gasteiger partial charge in [-0.3, -0.25) is 4.79 Å². The van der Waals surface area contributed by atoms with Gasteiger partial charge in [-0.05, 0) is 58.6 Å². The summed E-state index contributed by atoms with van der Waals surface area (Å²) in [5, 5.41) is 3.01. The van der Waals surface area contributed by atoms with Crippen LogP contribution in [0.3, 0.4) is 0 Å². The number of nitrogens with one attached hydrogen (secondary N) is 1. The smallest absolute Gasteiger partial charge is 0.410 e. The molecule has 0 bridgehead atoms. The van der Waals surface area contributed by atoms with Crippen LogP contribution < -0.4 is 5.32 Å². The van der Waals surface area contributed by atoms with Gasteiger partial charge in [-0.2, -0.15) is 0 Å². The second kappa shape index (κ2) is 10.0. The molecule has 0 aliphatic carbocycles. The van der Waals surface area contributed by atoms with Crippen LogP contribution in [-0.4, -0.2) is 47.9 Å². The Bertz CT molecular complexity index is 617. The van der Waals surface area contributed by atoms with Gasteiger partial charge in [-0.15, -0.1) is 11.8 Å². The van der Waals surface area contributed by atoms with Crippen LogP contribution in [0.1, 0.15) is 45.6 Å². The van der Waals surface area contributed by atoms with Gasteiger partial charge in [0, 0.05) is 36.7 Å². The maximum Gasteiger partial charge on any atom is 0.410 e. The molecule has 1 fully saturated rings. The standard InChI is InChI=1S/C21H32N2O3S/c1-16-5-7-18(8-6-16)27-14-11-22-19(24)15-17-9-12-23(13-10-17)20(25)26-21(2,3)4/h5-8,17H,9-15H2,1-4H3,(H,22,24). The van der Waals surface area contributed by atoms with E-state index in [4.69, 9.17) is 4.74 Å². The van der Waals surface area contributed by atoms with Crippen molar-refractivity contribution in [3.8, 4) is 0 Å². The van der Waals surface area contributed by atoms with Crippen molar-refractivity contribution in [2.75, 3.05) is 25.4 Å². The number of thioether (sulfide) groups is 1. The predicted octanol–water partition coefficient (Wildman–Crippen LogP) is 4.24. The van der Waals surface area contributed by atoms with Gasteiger partial charge in [0.15, 0.2) is 0 Å². The minimum Gasteiger partial charge on any atom is -0.444 e. The number of amides is 2. The molecule has 0 atom stereocenters. The molecule has 0 radical (unpaired) electrons. The molecule has 27 heavy (non-hydrogen) atoms. The van der Waals surface area contributed by atoms with Gasteiger partial charge in [0.05, 0.1) is 0 Å². The summed E-state index contributed by atoms with van der Waals surface area (Å²) >= 11 is 1.75. The van der Waals surface area contributed by atoms with Crippen molar-refractivity contribution in [3.63, 3.8) is 0 Å². The van der Waals surface area contributed by atoms with Gasteiger partial charge in [0.1, 0.15) is 5.60 Å². The molecule has 1 aromatic rings. The molecule has 1 aliphatic rings. The number of benzene rings is 1. The van der Waals surface area contributed by atoms with E-state index < -0.39 is 5.60 Å². The minimum atomic E-state index is -0.468. The van der Waals surface area contributed by atoms with Crippen LogP contribution in [-0.2, 0) is 9.53 Å². The Hall–Kier alpha value is -1.69. The first-order valence-corrected chi connectivity index (χ1v) is 10.7. The van der Waals surface area contributed by atoms with Crippen LogP contribution in [0.2, 0.25) is 0 Å². The van der Waals surface area contributed by atoms with E-state index in [0.29, 0.717) is 32.0 Å². The fraction of sp³-hybridized carbons (Fsp3) is 0.619. The van der Waals surface area contributed by atoms with Crippen molar-refractivity contribution in [2.24, 2.45) is 5.92 Å². The average molecular weight is 393 g/mol. The molecule has 1 N–H and O–H groups in total. The average Bonchev–Trinajstić information content (AvgIpc) is 2.59. The van der Waals surface area contributed by atoms with Crippen molar-refractivity contribution in [1.29, 1.82) is 0 Å². The van der Waals surface area contributed by atoms with E-state index in [0.717, 1.165) is 18.6 Å². The highest BCUT2D eigenvalue weighted by Gasteiger charge is 2.27. The second-order valence-corrected chi connectivity index (χ2v) is 9.29. The number of carbonyl (C=O) groups is 2. The molecule has 0 spiro atoms. The highest BCUT2D eigenvalue weighted by Crippen LogP contribution is 2.22. The molecule has 2 amide bonds. The van der Waals surface area contributed by atoms with Gasteiger partial charge in [-0.25, -0.2) is 4.79 Å². The molecule has 1 aliphatic heterocycles. The van der Waals surface area contributed by atoms with E-state index in [-0.39, 0.29) is 12.0 Å². The summed E-state index contributed by atoms with van der Waals surface area (Å²) in [7, 11) is 0. The van der Waals surface area contributed by atoms with Crippen molar-refractivity contribution in [2.45, 2.75) is 57.5 Å². The SMILES string of the molecule is Cc1ccc(SCCNC(=O)CC2CCN(C(=O)OC(C)(C)C)CC2)cc1. The van der Waals surface area contributed by atoms with Crippen LogP contribution >= 0.6 is 11.8 Å². The molecule has 1 heterocycles. The van der Waals surface area contributed by atoms with Crippen molar-refractivity contribution < 1.29 is 14.3 Å². The first kappa shape index (κ1) is 21.6. The Balaban J connectivity index is 1.60. The van der Waals surface area contributed by atoms with Gasteiger partial charge in [0.2, 0.25) is 5.91 Å². The number of likely N-dealkylation sites (tertiary alicyclic amines) is 1. The molecular formula is C21H32N2O3S. The number of piperidine rings is 1. The molecule has 5 nitrogen and oxygen atoms in total. The van der Waals surface area contributed by atoms with Crippen molar-refractivity contribution >= 4 is 23.8 Å². The van der Waals surface area contributed by atoms with Crippen molar-refractivity contribution in [1.82, 2.24) is 10.2 Å². The quantitative estimate of drug-likeness (QED) is 0.581. The fourth-order valence-corrected chi connectivity index (χ4v) is 3.74. The van der Waals surface area contributed by atoms with Crippen molar-refractivity contribution in [3.05, 3.63) is 29.8 Å². The molecule has 1 aromatic carbocycles. The van der Waals surface area contributed by atoms with Crippen LogP contribution in [0.15, 0.2) is 29.2 Å². The third-order valence-corrected chi connectivity index (χ3v) is 5.47. The van der Waals surface area contributed by atoms with E-state index in [1.807, 2.05) is 20.8 Å². The zero-order valence-electron chi connectivity index (χ0n) is 16.9. The molecule has 0 aromatic heterocycles. The highest BCUT2D eigenvalue weighted by molar-refractivity contribution is 7.99. The van der Waals surface area contributed by atoms with E-state index >= 15 is 0 Å². The Kier molecular flexibility index (Phi) is 8.02. The summed E-state index contributed by atoms with van der Waals surface area (Å²) < 4.78 is 5.41. The van der Waals surface area contributed by atoms with Crippen LogP contribution in [0.4, 0.5) is 4.79 Å². The minimum absolute atomic E-state index is 0.107. The van der Waals surface area contributed by atoms with Crippen LogP contribution in [0.25, 0.3) is 0 Å². The zero-order chi connectivity index (χ0) is 19.9. The Morgan fingerprint density at radius 1 is 1.19 bits per heavy atom. The van der Waals surface area contributed by atoms with Crippen LogP contribution in [0, 0.1) is 12.8 Å². The first-order valence-electron chi connectivity index (χ1n) is 9.67. The Morgan fingerprint density at radius 3 is 2.41 bits per heavy atom. The lowest BCUT2D eigenvalue weighted by molar-refractivity contribution is -0.122. The summed E-state index contributed by atoms with van der Waals surface area (Å²) in [6.07, 6.45) is 1.99. The molecule has 6 heteroatoms. The number of nitrogens with zero attached hydrogens (tertiary/aromatic N) is 1. The molecule has 0 saturated carbocycles. The summed E-state index contributed by atoms with van der Waals surface area (Å²) in [5.74, 6) is 1.31. The topological polar surface area (TPSA) is 58.6 Å². The maximum atomic E-state index is 12.1. The largest absolute Gasteiger partial charge is 0.444 e. The number of hydrogen-bond acceptors (Lipinski definition) is 4. The molecular weight excluding hydrogens is 360 g/mol. The summed E-state index contributed by atoms with van der Waals surface area (Å²) in [4.78, 5) is 27.2. The summed E-state index contributed by atoms with van der Waals surface area (Å²) in [6.45, 7) is 9.70. The zero-order valence-corrected chi connectivity index (χ0v) is 17.7. The van der Waals surface area contributed by atoms with Crippen LogP contribution in [0.5, 0.6) is 0 Å². The van der Waals surface area contributed by atoms with Gasteiger partial charge in [-0.1, -0.05) is 17.7 Å². The third-order valence-electron chi connectivity index (χ3n) is 4.45. The molecule has 1 saturated heterocycles. The number of ether oxygens (including phenoxy) is 1. The first-order chi connectivity index (χ1) is 12.7. The van der Waals surface area contributed by atoms with Gasteiger partial charge in [0.25, 0.3) is 0 Å². The molecule has 150 valence electrons. The lowest BCUT2D eigenvalue weighted by Crippen LogP contribution is -2.42. The lowest BCUT2D eigenvalue weighted by Gasteiger charge is -2.33.